The summed E-state index contributed by atoms with van der Waals surface area (Å²) >= 11 is 0. The number of phosphoric acid groups is 2. The molecular weight excluding hydrogens is 782 g/mol. The van der Waals surface area contributed by atoms with Crippen LogP contribution in [0.15, 0.2) is 121 Å². The summed E-state index contributed by atoms with van der Waals surface area (Å²) in [7, 11) is -8.85. The first kappa shape index (κ1) is 40.4. The predicted molar refractivity (Wildman–Crippen MR) is 212 cm³/mol. The Kier molecular flexibility index (Phi) is 11.2. The van der Waals surface area contributed by atoms with E-state index in [4.69, 9.17) is 46.1 Å². The second-order valence-corrected chi connectivity index (χ2v) is 19.4. The van der Waals surface area contributed by atoms with Crippen molar-refractivity contribution in [1.29, 1.82) is 0 Å². The molecule has 4 saturated heterocycles. The maximum atomic E-state index is 15.2. The highest BCUT2D eigenvalue weighted by Gasteiger charge is 2.67. The highest BCUT2D eigenvalue weighted by molar-refractivity contribution is 7.48. The Labute approximate surface area is 339 Å². The number of hydrogen-bond donors (Lipinski definition) is 0. The Morgan fingerprint density at radius 2 is 0.638 bits per heavy atom. The van der Waals surface area contributed by atoms with Crippen LogP contribution in [-0.2, 0) is 55.2 Å². The standard InChI is InChI=1S/C44H50O12P2/c1-43(2)47-37-38(48-43)42(56-58(46)53-35(31-21-13-7-14-22-31)27-28-36(54-58)32-23-15-8-16-24-32)40-39(49-44(3,4)50-40)41(37)55-57(45)51-33(29-17-9-5-10-18-29)25-26-34(52-57)30-19-11-6-12-20-30/h5-24,33-42H,25-28H2,1-4H3/t33-,34-,35-,36-,37-,38-,39-,40+,41?,42?/m1/s1. The Bertz CT molecular complexity index is 1820. The molecule has 9 rings (SSSR count). The zero-order valence-corrected chi connectivity index (χ0v) is 34.7. The van der Waals surface area contributed by atoms with Gasteiger partial charge in [0.15, 0.2) is 11.6 Å². The molecule has 5 aliphatic rings. The van der Waals surface area contributed by atoms with E-state index in [1.165, 1.54) is 0 Å². The van der Waals surface area contributed by atoms with Gasteiger partial charge in [-0.1, -0.05) is 121 Å². The van der Waals surface area contributed by atoms with E-state index >= 15 is 9.13 Å². The molecule has 0 bridgehead atoms. The summed E-state index contributed by atoms with van der Waals surface area (Å²) in [5.41, 5.74) is 3.37. The number of fused-ring (bicyclic) bond motifs is 2. The molecule has 0 radical (unpaired) electrons. The molecule has 2 unspecified atom stereocenters. The fraction of sp³-hybridized carbons (Fsp3) is 0.455. The van der Waals surface area contributed by atoms with Crippen molar-refractivity contribution in [3.63, 3.8) is 0 Å². The minimum absolute atomic E-state index is 0.526. The smallest absolute Gasteiger partial charge is 0.342 e. The molecule has 12 nitrogen and oxygen atoms in total. The Morgan fingerprint density at radius 3 is 0.862 bits per heavy atom. The number of benzene rings is 4. The van der Waals surface area contributed by atoms with E-state index in [0.717, 1.165) is 22.3 Å². The predicted octanol–water partition coefficient (Wildman–Crippen LogP) is 10.6. The maximum absolute atomic E-state index is 15.2. The highest BCUT2D eigenvalue weighted by Crippen LogP contribution is 2.65. The maximum Gasteiger partial charge on any atom is 0.476 e. The third-order valence-electron chi connectivity index (χ3n) is 11.2. The summed E-state index contributed by atoms with van der Waals surface area (Å²) in [4.78, 5) is 0. The lowest BCUT2D eigenvalue weighted by molar-refractivity contribution is -0.182. The van der Waals surface area contributed by atoms with Crippen LogP contribution >= 0.6 is 15.6 Å². The SMILES string of the molecule is CC1(C)O[C@@H]2C(OP3(=O)O[C@@H](c4ccccc4)CC[C@H](c4ccccc4)O3)[C@@H]3OC(C)(C)O[C@H]3C(OP3(=O)O[C@@H](c4ccccc4)CC[C@H](c4ccccc4)O3)[C@@H]2O1. The van der Waals surface area contributed by atoms with E-state index in [2.05, 4.69) is 0 Å². The topological polar surface area (TPSA) is 126 Å². The van der Waals surface area contributed by atoms with Gasteiger partial charge in [-0.15, -0.1) is 0 Å². The van der Waals surface area contributed by atoms with Crippen LogP contribution in [0, 0.1) is 0 Å². The van der Waals surface area contributed by atoms with Crippen molar-refractivity contribution in [1.82, 2.24) is 0 Å². The van der Waals surface area contributed by atoms with Crippen molar-refractivity contribution in [2.24, 2.45) is 0 Å². The zero-order valence-electron chi connectivity index (χ0n) is 32.9. The van der Waals surface area contributed by atoms with Gasteiger partial charge < -0.3 is 18.9 Å². The van der Waals surface area contributed by atoms with Gasteiger partial charge in [-0.3, -0.25) is 27.1 Å². The van der Waals surface area contributed by atoms with E-state index < -0.39 is 88.3 Å². The van der Waals surface area contributed by atoms with Crippen LogP contribution in [0.1, 0.15) is 100 Å². The molecule has 4 aromatic carbocycles. The minimum atomic E-state index is -4.43. The number of hydrogen-bond acceptors (Lipinski definition) is 12. The summed E-state index contributed by atoms with van der Waals surface area (Å²) < 4.78 is 95.8. The largest absolute Gasteiger partial charge is 0.476 e. The van der Waals surface area contributed by atoms with Crippen molar-refractivity contribution < 1.29 is 55.2 Å². The van der Waals surface area contributed by atoms with E-state index in [0.29, 0.717) is 25.7 Å². The highest BCUT2D eigenvalue weighted by atomic mass is 31.2. The number of phosphoric ester groups is 2. The Balaban J connectivity index is 1.07. The lowest BCUT2D eigenvalue weighted by Crippen LogP contribution is -2.62. The lowest BCUT2D eigenvalue weighted by Gasteiger charge is -2.43. The van der Waals surface area contributed by atoms with Gasteiger partial charge in [0.25, 0.3) is 0 Å². The van der Waals surface area contributed by atoms with E-state index in [9.17, 15) is 0 Å². The summed E-state index contributed by atoms with van der Waals surface area (Å²) in [5, 5.41) is 0. The van der Waals surface area contributed by atoms with Gasteiger partial charge in [0.05, 0.1) is 24.4 Å². The molecule has 0 N–H and O–H groups in total. The van der Waals surface area contributed by atoms with E-state index in [1.807, 2.05) is 121 Å². The fourth-order valence-electron chi connectivity index (χ4n) is 8.73. The van der Waals surface area contributed by atoms with Crippen LogP contribution < -0.4 is 0 Å². The first-order valence-electron chi connectivity index (χ1n) is 20.1. The molecule has 58 heavy (non-hydrogen) atoms. The van der Waals surface area contributed by atoms with Gasteiger partial charge in [0.2, 0.25) is 0 Å². The van der Waals surface area contributed by atoms with E-state index in [-0.39, 0.29) is 0 Å². The summed E-state index contributed by atoms with van der Waals surface area (Å²) in [6.45, 7) is 7.04. The number of rotatable bonds is 8. The Morgan fingerprint density at radius 1 is 0.414 bits per heavy atom. The second-order valence-electron chi connectivity index (χ2n) is 16.3. The molecule has 4 heterocycles. The first-order valence-corrected chi connectivity index (χ1v) is 23.0. The van der Waals surface area contributed by atoms with Crippen molar-refractivity contribution in [2.75, 3.05) is 0 Å². The van der Waals surface area contributed by atoms with Gasteiger partial charge in [-0.2, -0.15) is 0 Å². The zero-order chi connectivity index (χ0) is 40.1. The summed E-state index contributed by atoms with van der Waals surface area (Å²) in [6.07, 6.45) is -6.38. The van der Waals surface area contributed by atoms with Crippen molar-refractivity contribution >= 4 is 15.6 Å². The van der Waals surface area contributed by atoms with Crippen molar-refractivity contribution in [3.8, 4) is 0 Å². The molecule has 4 aromatic rings. The van der Waals surface area contributed by atoms with E-state index in [1.54, 1.807) is 27.7 Å². The molecule has 5 fully saturated rings. The Hall–Kier alpha value is -3.06. The molecule has 14 heteroatoms. The number of ether oxygens (including phenoxy) is 4. The molecule has 0 amide bonds. The minimum Gasteiger partial charge on any atom is -0.342 e. The second kappa shape index (κ2) is 16.1. The lowest BCUT2D eigenvalue weighted by atomic mass is 9.85. The summed E-state index contributed by atoms with van der Waals surface area (Å²) in [6, 6.07) is 38.4. The van der Waals surface area contributed by atoms with Crippen LogP contribution in [0.25, 0.3) is 0 Å². The molecule has 1 aliphatic carbocycles. The normalized spacial score (nSPS) is 34.9. The molecule has 4 aliphatic heterocycles. The van der Waals surface area contributed by atoms with Gasteiger partial charge in [-0.05, 0) is 75.6 Å². The van der Waals surface area contributed by atoms with Crippen molar-refractivity contribution in [3.05, 3.63) is 144 Å². The monoisotopic (exact) mass is 832 g/mol. The third-order valence-corrected chi connectivity index (χ3v) is 14.3. The average molecular weight is 833 g/mol. The quantitative estimate of drug-likeness (QED) is 0.157. The summed E-state index contributed by atoms with van der Waals surface area (Å²) in [5.74, 6) is -2.35. The first-order chi connectivity index (χ1) is 27.9. The fourth-order valence-corrected chi connectivity index (χ4v) is 12.3. The molecule has 0 spiro atoms. The van der Waals surface area contributed by atoms with Gasteiger partial charge >= 0.3 is 15.6 Å². The van der Waals surface area contributed by atoms with Crippen LogP contribution in [0.5, 0.6) is 0 Å². The van der Waals surface area contributed by atoms with Gasteiger partial charge in [0.1, 0.15) is 36.6 Å². The van der Waals surface area contributed by atoms with Crippen LogP contribution in [0.2, 0.25) is 0 Å². The van der Waals surface area contributed by atoms with Crippen LogP contribution in [0.3, 0.4) is 0 Å². The molecule has 1 saturated carbocycles. The van der Waals surface area contributed by atoms with Gasteiger partial charge in [-0.25, -0.2) is 9.13 Å². The average Bonchev–Trinajstić information content (AvgIpc) is 3.58. The van der Waals surface area contributed by atoms with Crippen molar-refractivity contribution in [2.45, 2.75) is 126 Å². The third kappa shape index (κ3) is 8.59. The van der Waals surface area contributed by atoms with Crippen LogP contribution in [-0.4, -0.2) is 48.2 Å². The molecule has 0 aromatic heterocycles. The molecule has 308 valence electrons. The van der Waals surface area contributed by atoms with Crippen LogP contribution in [0.4, 0.5) is 0 Å². The molecular formula is C44H50O12P2. The van der Waals surface area contributed by atoms with Gasteiger partial charge in [0, 0.05) is 0 Å². The molecule has 10 atom stereocenters.